The van der Waals surface area contributed by atoms with Gasteiger partial charge in [-0.3, -0.25) is 4.79 Å². The molecule has 1 nitrogen and oxygen atoms in total. The Bertz CT molecular complexity index is 259. The first-order chi connectivity index (χ1) is 10.3. The maximum Gasteiger partial charge on any atom is 0.136 e. The number of Topliss-reactive ketones (excluding diaryl/α,β-unsaturated/α-hetero) is 1. The zero-order valence-electron chi connectivity index (χ0n) is 14.7. The van der Waals surface area contributed by atoms with E-state index in [0.717, 1.165) is 12.8 Å². The zero-order valence-corrected chi connectivity index (χ0v) is 14.7. The largest absolute Gasteiger partial charge is 0.299 e. The molecule has 1 saturated carbocycles. The second-order valence-corrected chi connectivity index (χ2v) is 7.10. The number of ketones is 1. The average molecular weight is 295 g/mol. The molecule has 0 saturated heterocycles. The smallest absolute Gasteiger partial charge is 0.136 e. The van der Waals surface area contributed by atoms with Crippen molar-refractivity contribution in [1.29, 1.82) is 0 Å². The molecule has 0 aromatic rings. The van der Waals surface area contributed by atoms with E-state index in [2.05, 4.69) is 13.8 Å². The molecule has 0 amide bonds. The van der Waals surface area contributed by atoms with Crippen molar-refractivity contribution < 1.29 is 4.79 Å². The van der Waals surface area contributed by atoms with Crippen LogP contribution in [0, 0.1) is 11.8 Å². The molecule has 0 spiro atoms. The fourth-order valence-electron chi connectivity index (χ4n) is 3.92. The number of carbonyl (C=O) groups is 1. The first kappa shape index (κ1) is 18.7. The predicted molar refractivity (Wildman–Crippen MR) is 92.6 cm³/mol. The molecule has 1 heteroatoms. The van der Waals surface area contributed by atoms with Crippen LogP contribution in [0.25, 0.3) is 0 Å². The minimum atomic E-state index is 0.415. The van der Waals surface area contributed by atoms with Gasteiger partial charge in [0.15, 0.2) is 0 Å². The number of carbonyl (C=O) groups excluding carboxylic acids is 1. The molecule has 1 aliphatic carbocycles. The van der Waals surface area contributed by atoms with Crippen molar-refractivity contribution in [2.24, 2.45) is 11.8 Å². The van der Waals surface area contributed by atoms with Gasteiger partial charge < -0.3 is 0 Å². The van der Waals surface area contributed by atoms with Gasteiger partial charge in [-0.25, -0.2) is 0 Å². The summed E-state index contributed by atoms with van der Waals surface area (Å²) in [5, 5.41) is 0. The van der Waals surface area contributed by atoms with Crippen LogP contribution in [-0.2, 0) is 4.79 Å². The van der Waals surface area contributed by atoms with Gasteiger partial charge in [-0.15, -0.1) is 0 Å². The lowest BCUT2D eigenvalue weighted by Crippen LogP contribution is -2.26. The highest BCUT2D eigenvalue weighted by Crippen LogP contribution is 2.33. The van der Waals surface area contributed by atoms with Crippen molar-refractivity contribution in [2.45, 2.75) is 110 Å². The van der Waals surface area contributed by atoms with E-state index in [9.17, 15) is 4.79 Å². The predicted octanol–water partition coefficient (Wildman–Crippen LogP) is 6.69. The Morgan fingerprint density at radius 3 is 2.00 bits per heavy atom. The van der Waals surface area contributed by atoms with Crippen LogP contribution in [-0.4, -0.2) is 5.78 Å². The number of unbranched alkanes of at least 4 members (excludes halogenated alkanes) is 8. The summed E-state index contributed by atoms with van der Waals surface area (Å²) in [5.74, 6) is 1.70. The molecular formula is C20H38O. The van der Waals surface area contributed by atoms with Crippen LogP contribution >= 0.6 is 0 Å². The Balaban J connectivity index is 2.00. The van der Waals surface area contributed by atoms with Gasteiger partial charge in [0, 0.05) is 12.3 Å². The Morgan fingerprint density at radius 2 is 1.38 bits per heavy atom. The summed E-state index contributed by atoms with van der Waals surface area (Å²) < 4.78 is 0. The first-order valence-electron chi connectivity index (χ1n) is 9.82. The van der Waals surface area contributed by atoms with Crippen LogP contribution in [0.1, 0.15) is 110 Å². The van der Waals surface area contributed by atoms with E-state index in [0.29, 0.717) is 17.6 Å². The highest BCUT2D eigenvalue weighted by molar-refractivity contribution is 5.81. The standard InChI is InChI=1S/C20H38O/c1-3-5-6-7-8-9-10-11-12-17-20(21)19-16-14-13-15-18(19)4-2/h18-19H,3-17H2,1-2H3. The Labute approximate surface area is 133 Å². The van der Waals surface area contributed by atoms with Crippen LogP contribution in [0.3, 0.4) is 0 Å². The van der Waals surface area contributed by atoms with Gasteiger partial charge >= 0.3 is 0 Å². The van der Waals surface area contributed by atoms with Crippen molar-refractivity contribution in [1.82, 2.24) is 0 Å². The Hall–Kier alpha value is -0.330. The third-order valence-electron chi connectivity index (χ3n) is 5.37. The minimum absolute atomic E-state index is 0.415. The Morgan fingerprint density at radius 1 is 0.810 bits per heavy atom. The van der Waals surface area contributed by atoms with Gasteiger partial charge in [0.1, 0.15) is 5.78 Å². The van der Waals surface area contributed by atoms with E-state index in [1.165, 1.54) is 83.5 Å². The normalized spacial score (nSPS) is 22.4. The molecule has 124 valence electrons. The van der Waals surface area contributed by atoms with Crippen molar-refractivity contribution in [3.05, 3.63) is 0 Å². The van der Waals surface area contributed by atoms with E-state index in [-0.39, 0.29) is 0 Å². The monoisotopic (exact) mass is 294 g/mol. The van der Waals surface area contributed by atoms with Gasteiger partial charge in [-0.05, 0) is 25.2 Å². The van der Waals surface area contributed by atoms with Crippen molar-refractivity contribution in [3.8, 4) is 0 Å². The summed E-state index contributed by atoms with van der Waals surface area (Å²) in [4.78, 5) is 12.4. The third kappa shape index (κ3) is 8.02. The van der Waals surface area contributed by atoms with Gasteiger partial charge in [-0.2, -0.15) is 0 Å². The highest BCUT2D eigenvalue weighted by Gasteiger charge is 2.28. The maximum atomic E-state index is 12.4. The molecule has 1 aliphatic rings. The van der Waals surface area contributed by atoms with E-state index >= 15 is 0 Å². The summed E-state index contributed by atoms with van der Waals surface area (Å²) in [5.41, 5.74) is 0. The summed E-state index contributed by atoms with van der Waals surface area (Å²) in [6.45, 7) is 4.53. The van der Waals surface area contributed by atoms with E-state index in [1.54, 1.807) is 0 Å². The fourth-order valence-corrected chi connectivity index (χ4v) is 3.92. The second-order valence-electron chi connectivity index (χ2n) is 7.10. The lowest BCUT2D eigenvalue weighted by atomic mass is 9.75. The second kappa shape index (κ2) is 12.2. The SMILES string of the molecule is CCCCCCCCCCCC(=O)C1CCCCC1CC. The molecule has 0 radical (unpaired) electrons. The lowest BCUT2D eigenvalue weighted by Gasteiger charge is -2.29. The molecule has 1 fully saturated rings. The van der Waals surface area contributed by atoms with Gasteiger partial charge in [0.2, 0.25) is 0 Å². The zero-order chi connectivity index (χ0) is 15.3. The summed E-state index contributed by atoms with van der Waals surface area (Å²) >= 11 is 0. The van der Waals surface area contributed by atoms with Crippen LogP contribution in [0.4, 0.5) is 0 Å². The molecule has 2 unspecified atom stereocenters. The maximum absolute atomic E-state index is 12.4. The Kier molecular flexibility index (Phi) is 10.9. The lowest BCUT2D eigenvalue weighted by molar-refractivity contribution is -0.125. The summed E-state index contributed by atoms with van der Waals surface area (Å²) in [6, 6.07) is 0. The minimum Gasteiger partial charge on any atom is -0.299 e. The fraction of sp³-hybridized carbons (Fsp3) is 0.950. The molecule has 0 N–H and O–H groups in total. The molecule has 0 aromatic heterocycles. The quantitative estimate of drug-likeness (QED) is 0.366. The van der Waals surface area contributed by atoms with Gasteiger partial charge in [0.25, 0.3) is 0 Å². The van der Waals surface area contributed by atoms with Crippen molar-refractivity contribution in [2.75, 3.05) is 0 Å². The molecule has 0 heterocycles. The van der Waals surface area contributed by atoms with Crippen molar-refractivity contribution in [3.63, 3.8) is 0 Å². The highest BCUT2D eigenvalue weighted by atomic mass is 16.1. The van der Waals surface area contributed by atoms with E-state index < -0.39 is 0 Å². The molecule has 0 aliphatic heterocycles. The van der Waals surface area contributed by atoms with Crippen molar-refractivity contribution >= 4 is 5.78 Å². The number of rotatable bonds is 12. The van der Waals surface area contributed by atoms with Gasteiger partial charge in [0.05, 0.1) is 0 Å². The van der Waals surface area contributed by atoms with Gasteiger partial charge in [-0.1, -0.05) is 84.5 Å². The topological polar surface area (TPSA) is 17.1 Å². The molecular weight excluding hydrogens is 256 g/mol. The molecule has 0 bridgehead atoms. The van der Waals surface area contributed by atoms with E-state index in [1.807, 2.05) is 0 Å². The molecule has 2 atom stereocenters. The number of hydrogen-bond acceptors (Lipinski definition) is 1. The average Bonchev–Trinajstić information content (AvgIpc) is 2.53. The van der Waals surface area contributed by atoms with Crippen LogP contribution in [0.5, 0.6) is 0 Å². The third-order valence-corrected chi connectivity index (χ3v) is 5.37. The molecule has 1 rings (SSSR count). The van der Waals surface area contributed by atoms with E-state index in [4.69, 9.17) is 0 Å². The summed E-state index contributed by atoms with van der Waals surface area (Å²) in [7, 11) is 0. The van der Waals surface area contributed by atoms with Crippen LogP contribution in [0.2, 0.25) is 0 Å². The molecule has 0 aromatic carbocycles. The van der Waals surface area contributed by atoms with Crippen LogP contribution < -0.4 is 0 Å². The first-order valence-corrected chi connectivity index (χ1v) is 9.82. The molecule has 21 heavy (non-hydrogen) atoms. The number of hydrogen-bond donors (Lipinski definition) is 0. The summed E-state index contributed by atoms with van der Waals surface area (Å²) in [6.07, 6.45) is 19.2. The van der Waals surface area contributed by atoms with Crippen LogP contribution in [0.15, 0.2) is 0 Å².